The fourth-order valence-electron chi connectivity index (χ4n) is 2.39. The van der Waals surface area contributed by atoms with E-state index < -0.39 is 11.9 Å². The zero-order chi connectivity index (χ0) is 14.0. The molecule has 2 rings (SSSR count). The highest BCUT2D eigenvalue weighted by molar-refractivity contribution is 7.09. The van der Waals surface area contributed by atoms with Crippen molar-refractivity contribution in [2.45, 2.75) is 39.3 Å². The Morgan fingerprint density at radius 3 is 2.53 bits per heavy atom. The summed E-state index contributed by atoms with van der Waals surface area (Å²) in [6.07, 6.45) is 1.32. The summed E-state index contributed by atoms with van der Waals surface area (Å²) < 4.78 is 0. The maximum atomic E-state index is 12.5. The van der Waals surface area contributed by atoms with E-state index in [1.165, 1.54) is 0 Å². The normalized spacial score (nSPS) is 22.1. The van der Waals surface area contributed by atoms with E-state index >= 15 is 0 Å². The number of carboxylic acid groups (broad SMARTS) is 1. The molecule has 19 heavy (non-hydrogen) atoms. The molecule has 4 nitrogen and oxygen atoms in total. The topological polar surface area (TPSA) is 57.6 Å². The minimum absolute atomic E-state index is 0.0120. The zero-order valence-electron chi connectivity index (χ0n) is 11.2. The number of carboxylic acids is 1. The number of rotatable bonds is 5. The predicted molar refractivity (Wildman–Crippen MR) is 73.9 cm³/mol. The molecule has 1 N–H and O–H groups in total. The van der Waals surface area contributed by atoms with Gasteiger partial charge in [-0.3, -0.25) is 9.59 Å². The van der Waals surface area contributed by atoms with Gasteiger partial charge in [-0.1, -0.05) is 6.07 Å². The lowest BCUT2D eigenvalue weighted by Crippen LogP contribution is -2.48. The zero-order valence-corrected chi connectivity index (χ0v) is 12.0. The van der Waals surface area contributed by atoms with E-state index in [9.17, 15) is 9.59 Å². The number of thiophene rings is 1. The molecule has 1 aliphatic rings. The summed E-state index contributed by atoms with van der Waals surface area (Å²) in [6.45, 7) is 4.52. The second-order valence-corrected chi connectivity index (χ2v) is 6.30. The van der Waals surface area contributed by atoms with Crippen LogP contribution in [0.5, 0.6) is 0 Å². The first-order chi connectivity index (χ1) is 9.00. The van der Waals surface area contributed by atoms with Gasteiger partial charge in [0, 0.05) is 10.9 Å². The van der Waals surface area contributed by atoms with Crippen LogP contribution < -0.4 is 0 Å². The van der Waals surface area contributed by atoms with Crippen molar-refractivity contribution in [2.24, 2.45) is 11.8 Å². The Morgan fingerprint density at radius 2 is 2.11 bits per heavy atom. The first-order valence-corrected chi connectivity index (χ1v) is 7.44. The summed E-state index contributed by atoms with van der Waals surface area (Å²) in [4.78, 5) is 26.4. The average molecular weight is 281 g/mol. The molecule has 1 saturated carbocycles. The highest BCUT2D eigenvalue weighted by Crippen LogP contribution is 2.36. The molecular weight excluding hydrogens is 262 g/mol. The molecule has 0 bridgehead atoms. The number of aliphatic carboxylic acids is 1. The van der Waals surface area contributed by atoms with Crippen LogP contribution in [0.1, 0.15) is 31.6 Å². The largest absolute Gasteiger partial charge is 0.481 e. The van der Waals surface area contributed by atoms with E-state index in [1.807, 2.05) is 31.4 Å². The van der Waals surface area contributed by atoms with Gasteiger partial charge in [0.05, 0.1) is 18.4 Å². The van der Waals surface area contributed by atoms with E-state index in [0.717, 1.165) is 4.88 Å². The fraction of sp³-hybridized carbons (Fsp3) is 0.571. The van der Waals surface area contributed by atoms with Crippen molar-refractivity contribution in [1.29, 1.82) is 0 Å². The quantitative estimate of drug-likeness (QED) is 0.902. The average Bonchev–Trinajstić information content (AvgIpc) is 2.75. The Bertz CT molecular complexity index is 455. The third kappa shape index (κ3) is 2.97. The van der Waals surface area contributed by atoms with Crippen molar-refractivity contribution in [1.82, 2.24) is 4.90 Å². The van der Waals surface area contributed by atoms with E-state index in [2.05, 4.69) is 0 Å². The third-order valence-corrected chi connectivity index (χ3v) is 4.58. The Kier molecular flexibility index (Phi) is 4.24. The van der Waals surface area contributed by atoms with Crippen LogP contribution in [-0.4, -0.2) is 27.9 Å². The smallest absolute Gasteiger partial charge is 0.307 e. The van der Waals surface area contributed by atoms with Crippen LogP contribution in [0.3, 0.4) is 0 Å². The summed E-state index contributed by atoms with van der Waals surface area (Å²) in [6, 6.07) is 4.06. The van der Waals surface area contributed by atoms with E-state index in [1.54, 1.807) is 16.2 Å². The second kappa shape index (κ2) is 5.74. The highest BCUT2D eigenvalue weighted by Gasteiger charge is 2.43. The van der Waals surface area contributed by atoms with Crippen LogP contribution >= 0.6 is 11.3 Å². The molecule has 104 valence electrons. The van der Waals surface area contributed by atoms with Crippen molar-refractivity contribution in [3.63, 3.8) is 0 Å². The van der Waals surface area contributed by atoms with Crippen LogP contribution in [0.15, 0.2) is 17.5 Å². The molecule has 0 spiro atoms. The molecule has 1 aromatic rings. The summed E-state index contributed by atoms with van der Waals surface area (Å²) in [5, 5.41) is 11.0. The van der Waals surface area contributed by atoms with Gasteiger partial charge in [0.25, 0.3) is 0 Å². The van der Waals surface area contributed by atoms with E-state index in [-0.39, 0.29) is 17.9 Å². The summed E-state index contributed by atoms with van der Waals surface area (Å²) in [5.41, 5.74) is 0. The maximum Gasteiger partial charge on any atom is 0.307 e. The summed E-state index contributed by atoms with van der Waals surface area (Å²) in [5.74, 6) is -1.68. The van der Waals surface area contributed by atoms with Gasteiger partial charge < -0.3 is 10.0 Å². The van der Waals surface area contributed by atoms with Crippen LogP contribution in [0.4, 0.5) is 0 Å². The predicted octanol–water partition coefficient (Wildman–Crippen LogP) is 2.60. The molecule has 0 saturated heterocycles. The molecule has 1 aliphatic carbocycles. The van der Waals surface area contributed by atoms with Gasteiger partial charge in [-0.05, 0) is 38.1 Å². The molecule has 0 aromatic carbocycles. The van der Waals surface area contributed by atoms with E-state index in [4.69, 9.17) is 5.11 Å². The number of amides is 1. The molecule has 1 heterocycles. The molecule has 1 fully saturated rings. The molecule has 2 unspecified atom stereocenters. The van der Waals surface area contributed by atoms with Gasteiger partial charge in [0.15, 0.2) is 0 Å². The van der Waals surface area contributed by atoms with Crippen molar-refractivity contribution in [2.75, 3.05) is 0 Å². The molecule has 5 heteroatoms. The molecule has 0 radical (unpaired) electrons. The first kappa shape index (κ1) is 14.1. The molecule has 1 aromatic heterocycles. The molecule has 1 amide bonds. The third-order valence-electron chi connectivity index (χ3n) is 3.72. The van der Waals surface area contributed by atoms with Gasteiger partial charge in [0.1, 0.15) is 0 Å². The van der Waals surface area contributed by atoms with Crippen LogP contribution in [0.2, 0.25) is 0 Å². The van der Waals surface area contributed by atoms with Crippen molar-refractivity contribution in [3.8, 4) is 0 Å². The number of hydrogen-bond donors (Lipinski definition) is 1. The van der Waals surface area contributed by atoms with Crippen molar-refractivity contribution >= 4 is 23.2 Å². The van der Waals surface area contributed by atoms with Crippen molar-refractivity contribution < 1.29 is 14.7 Å². The number of carbonyl (C=O) groups is 2. The minimum Gasteiger partial charge on any atom is -0.481 e. The van der Waals surface area contributed by atoms with Gasteiger partial charge in [0.2, 0.25) is 5.91 Å². The van der Waals surface area contributed by atoms with Gasteiger partial charge in [-0.25, -0.2) is 0 Å². The lowest BCUT2D eigenvalue weighted by Gasteiger charge is -2.38. The molecule has 2 atom stereocenters. The summed E-state index contributed by atoms with van der Waals surface area (Å²) >= 11 is 1.62. The SMILES string of the molecule is CC(C)N(Cc1cccs1)C(=O)C1CCC1C(=O)O. The minimum atomic E-state index is -0.843. The van der Waals surface area contributed by atoms with Crippen LogP contribution in [-0.2, 0) is 16.1 Å². The lowest BCUT2D eigenvalue weighted by molar-refractivity contribution is -0.157. The monoisotopic (exact) mass is 281 g/mol. The molecule has 0 aliphatic heterocycles. The summed E-state index contributed by atoms with van der Waals surface area (Å²) in [7, 11) is 0. The lowest BCUT2D eigenvalue weighted by atomic mass is 9.72. The van der Waals surface area contributed by atoms with Gasteiger partial charge in [-0.15, -0.1) is 11.3 Å². The Balaban J connectivity index is 2.07. The van der Waals surface area contributed by atoms with Crippen LogP contribution in [0, 0.1) is 11.8 Å². The van der Waals surface area contributed by atoms with Gasteiger partial charge >= 0.3 is 5.97 Å². The maximum absolute atomic E-state index is 12.5. The number of carbonyl (C=O) groups excluding carboxylic acids is 1. The standard InChI is InChI=1S/C14H19NO3S/c1-9(2)15(8-10-4-3-7-19-10)13(16)11-5-6-12(11)14(17)18/h3-4,7,9,11-12H,5-6,8H2,1-2H3,(H,17,18). The fourth-order valence-corrected chi connectivity index (χ4v) is 3.09. The first-order valence-electron chi connectivity index (χ1n) is 6.56. The Hall–Kier alpha value is -1.36. The number of hydrogen-bond acceptors (Lipinski definition) is 3. The second-order valence-electron chi connectivity index (χ2n) is 5.27. The van der Waals surface area contributed by atoms with Crippen LogP contribution in [0.25, 0.3) is 0 Å². The number of nitrogens with zero attached hydrogens (tertiary/aromatic N) is 1. The van der Waals surface area contributed by atoms with E-state index in [0.29, 0.717) is 19.4 Å². The Labute approximate surface area is 117 Å². The van der Waals surface area contributed by atoms with Crippen molar-refractivity contribution in [3.05, 3.63) is 22.4 Å². The highest BCUT2D eigenvalue weighted by atomic mass is 32.1. The Morgan fingerprint density at radius 1 is 1.42 bits per heavy atom. The molecular formula is C14H19NO3S. The van der Waals surface area contributed by atoms with Gasteiger partial charge in [-0.2, -0.15) is 0 Å².